The lowest BCUT2D eigenvalue weighted by Gasteiger charge is -2.18. The molecule has 0 saturated heterocycles. The van der Waals surface area contributed by atoms with E-state index < -0.39 is 0 Å². The summed E-state index contributed by atoms with van der Waals surface area (Å²) in [4.78, 5) is 11.7. The van der Waals surface area contributed by atoms with E-state index in [0.29, 0.717) is 6.54 Å². The molecule has 2 aromatic rings. The number of nitrogens with one attached hydrogen (secondary N) is 1. The smallest absolute Gasteiger partial charge is 0.250 e. The molecule has 0 amide bonds. The van der Waals surface area contributed by atoms with Crippen molar-refractivity contribution in [2.45, 2.75) is 12.6 Å². The van der Waals surface area contributed by atoms with Gasteiger partial charge in [-0.05, 0) is 30.8 Å². The summed E-state index contributed by atoms with van der Waals surface area (Å²) in [5.74, 6) is 0.818. The number of rotatable bonds is 5. The minimum absolute atomic E-state index is 0.00523. The maximum Gasteiger partial charge on any atom is 0.250 e. The highest BCUT2D eigenvalue weighted by molar-refractivity contribution is 5.30. The molecule has 19 heavy (non-hydrogen) atoms. The Morgan fingerprint density at radius 2 is 2.11 bits per heavy atom. The number of pyridine rings is 1. The fourth-order valence-electron chi connectivity index (χ4n) is 2.03. The average molecular weight is 258 g/mol. The number of methoxy groups -OCH3 is 1. The van der Waals surface area contributed by atoms with Gasteiger partial charge in [-0.1, -0.05) is 18.2 Å². The van der Waals surface area contributed by atoms with Crippen molar-refractivity contribution in [1.29, 1.82) is 0 Å². The van der Waals surface area contributed by atoms with E-state index >= 15 is 0 Å². The standard InChI is InChI=1S/C15H18N2O2/c1-16-14(11-17-9-4-3-8-15(17)18)12-6-5-7-13(10-12)19-2/h3-10,14,16H,11H2,1-2H3. The highest BCUT2D eigenvalue weighted by Crippen LogP contribution is 2.19. The molecular formula is C15H18N2O2. The summed E-state index contributed by atoms with van der Waals surface area (Å²) in [7, 11) is 3.54. The molecule has 1 heterocycles. The molecule has 4 nitrogen and oxygen atoms in total. The van der Waals surface area contributed by atoms with E-state index in [-0.39, 0.29) is 11.6 Å². The van der Waals surface area contributed by atoms with Gasteiger partial charge in [0.1, 0.15) is 5.75 Å². The first-order valence-corrected chi connectivity index (χ1v) is 6.21. The SMILES string of the molecule is CNC(Cn1ccccc1=O)c1cccc(OC)c1. The van der Waals surface area contributed by atoms with Gasteiger partial charge in [0, 0.05) is 18.8 Å². The summed E-state index contributed by atoms with van der Waals surface area (Å²) in [6.45, 7) is 0.587. The molecule has 2 rings (SSSR count). The van der Waals surface area contributed by atoms with Crippen LogP contribution in [-0.2, 0) is 6.54 Å². The summed E-state index contributed by atoms with van der Waals surface area (Å²) in [6, 6.07) is 13.1. The summed E-state index contributed by atoms with van der Waals surface area (Å²) in [5.41, 5.74) is 1.10. The van der Waals surface area contributed by atoms with E-state index in [0.717, 1.165) is 11.3 Å². The van der Waals surface area contributed by atoms with Gasteiger partial charge in [-0.3, -0.25) is 4.79 Å². The van der Waals surface area contributed by atoms with E-state index in [1.54, 1.807) is 30.0 Å². The molecule has 0 saturated carbocycles. The van der Waals surface area contributed by atoms with Gasteiger partial charge in [0.2, 0.25) is 0 Å². The third-order valence-electron chi connectivity index (χ3n) is 3.12. The molecule has 0 radical (unpaired) electrons. The van der Waals surface area contributed by atoms with Gasteiger partial charge in [-0.15, -0.1) is 0 Å². The topological polar surface area (TPSA) is 43.3 Å². The Morgan fingerprint density at radius 1 is 1.26 bits per heavy atom. The second-order valence-corrected chi connectivity index (χ2v) is 4.31. The first-order chi connectivity index (χ1) is 9.24. The summed E-state index contributed by atoms with van der Waals surface area (Å²) in [5, 5.41) is 3.23. The number of benzene rings is 1. The van der Waals surface area contributed by atoms with E-state index in [9.17, 15) is 4.79 Å². The Balaban J connectivity index is 2.25. The van der Waals surface area contributed by atoms with Crippen LogP contribution in [0.15, 0.2) is 53.5 Å². The van der Waals surface area contributed by atoms with Crippen LogP contribution in [0.5, 0.6) is 5.75 Å². The van der Waals surface area contributed by atoms with Gasteiger partial charge >= 0.3 is 0 Å². The van der Waals surface area contributed by atoms with Crippen LogP contribution in [0.3, 0.4) is 0 Å². The first-order valence-electron chi connectivity index (χ1n) is 6.21. The fraction of sp³-hybridized carbons (Fsp3) is 0.267. The summed E-state index contributed by atoms with van der Waals surface area (Å²) >= 11 is 0. The summed E-state index contributed by atoms with van der Waals surface area (Å²) < 4.78 is 6.92. The first kappa shape index (κ1) is 13.4. The molecule has 0 aliphatic heterocycles. The van der Waals surface area contributed by atoms with Gasteiger partial charge < -0.3 is 14.6 Å². The Morgan fingerprint density at radius 3 is 2.79 bits per heavy atom. The minimum atomic E-state index is 0.00523. The molecular weight excluding hydrogens is 240 g/mol. The lowest BCUT2D eigenvalue weighted by atomic mass is 10.1. The van der Waals surface area contributed by atoms with Crippen molar-refractivity contribution in [2.75, 3.05) is 14.2 Å². The molecule has 1 unspecified atom stereocenters. The molecule has 100 valence electrons. The highest BCUT2D eigenvalue weighted by atomic mass is 16.5. The van der Waals surface area contributed by atoms with Crippen molar-refractivity contribution in [2.24, 2.45) is 0 Å². The second kappa shape index (κ2) is 6.20. The fourth-order valence-corrected chi connectivity index (χ4v) is 2.03. The van der Waals surface area contributed by atoms with Crippen LogP contribution in [0.25, 0.3) is 0 Å². The Bertz CT molecular complexity index is 592. The van der Waals surface area contributed by atoms with Crippen molar-refractivity contribution in [3.63, 3.8) is 0 Å². The predicted molar refractivity (Wildman–Crippen MR) is 75.5 cm³/mol. The van der Waals surface area contributed by atoms with Crippen LogP contribution in [0, 0.1) is 0 Å². The average Bonchev–Trinajstić information content (AvgIpc) is 2.46. The van der Waals surface area contributed by atoms with Crippen LogP contribution >= 0.6 is 0 Å². The zero-order valence-corrected chi connectivity index (χ0v) is 11.2. The molecule has 0 aliphatic rings. The molecule has 1 aromatic carbocycles. The molecule has 0 aliphatic carbocycles. The second-order valence-electron chi connectivity index (χ2n) is 4.31. The van der Waals surface area contributed by atoms with Crippen molar-refractivity contribution in [3.05, 3.63) is 64.6 Å². The Labute approximate surface area is 112 Å². The van der Waals surface area contributed by atoms with E-state index in [2.05, 4.69) is 5.32 Å². The third-order valence-corrected chi connectivity index (χ3v) is 3.12. The number of ether oxygens (including phenoxy) is 1. The molecule has 1 aromatic heterocycles. The van der Waals surface area contributed by atoms with E-state index in [1.807, 2.05) is 37.4 Å². The largest absolute Gasteiger partial charge is 0.497 e. The van der Waals surface area contributed by atoms with Gasteiger partial charge in [0.05, 0.1) is 13.2 Å². The summed E-state index contributed by atoms with van der Waals surface area (Å²) in [6.07, 6.45) is 1.80. The molecule has 0 spiro atoms. The maximum atomic E-state index is 11.7. The number of aromatic nitrogens is 1. The molecule has 1 N–H and O–H groups in total. The van der Waals surface area contributed by atoms with Crippen molar-refractivity contribution in [1.82, 2.24) is 9.88 Å². The predicted octanol–water partition coefficient (Wildman–Crippen LogP) is 1.82. The number of likely N-dealkylation sites (N-methyl/N-ethyl adjacent to an activating group) is 1. The van der Waals surface area contributed by atoms with Gasteiger partial charge in [0.25, 0.3) is 5.56 Å². The number of hydrogen-bond donors (Lipinski definition) is 1. The zero-order chi connectivity index (χ0) is 13.7. The Kier molecular flexibility index (Phi) is 4.36. The highest BCUT2D eigenvalue weighted by Gasteiger charge is 2.11. The van der Waals surface area contributed by atoms with Gasteiger partial charge in [0.15, 0.2) is 0 Å². The monoisotopic (exact) mass is 258 g/mol. The van der Waals surface area contributed by atoms with Gasteiger partial charge in [-0.2, -0.15) is 0 Å². The lowest BCUT2D eigenvalue weighted by molar-refractivity contribution is 0.412. The molecule has 0 bridgehead atoms. The van der Waals surface area contributed by atoms with Crippen molar-refractivity contribution in [3.8, 4) is 5.75 Å². The minimum Gasteiger partial charge on any atom is -0.497 e. The van der Waals surface area contributed by atoms with Crippen molar-refractivity contribution < 1.29 is 4.74 Å². The van der Waals surface area contributed by atoms with Crippen LogP contribution in [-0.4, -0.2) is 18.7 Å². The third kappa shape index (κ3) is 3.23. The van der Waals surface area contributed by atoms with Crippen LogP contribution in [0.1, 0.15) is 11.6 Å². The van der Waals surface area contributed by atoms with Crippen molar-refractivity contribution >= 4 is 0 Å². The maximum absolute atomic E-state index is 11.7. The molecule has 0 fully saturated rings. The van der Waals surface area contributed by atoms with E-state index in [4.69, 9.17) is 4.74 Å². The Hall–Kier alpha value is -2.07. The number of hydrogen-bond acceptors (Lipinski definition) is 3. The van der Waals surface area contributed by atoms with Crippen LogP contribution in [0.2, 0.25) is 0 Å². The van der Waals surface area contributed by atoms with E-state index in [1.165, 1.54) is 0 Å². The molecule has 1 atom stereocenters. The van der Waals surface area contributed by atoms with Crippen LogP contribution in [0.4, 0.5) is 0 Å². The quantitative estimate of drug-likeness (QED) is 0.889. The lowest BCUT2D eigenvalue weighted by Crippen LogP contribution is -2.27. The molecule has 4 heteroatoms. The number of nitrogens with zero attached hydrogens (tertiary/aromatic N) is 1. The zero-order valence-electron chi connectivity index (χ0n) is 11.2. The van der Waals surface area contributed by atoms with Crippen LogP contribution < -0.4 is 15.6 Å². The van der Waals surface area contributed by atoms with Gasteiger partial charge in [-0.25, -0.2) is 0 Å². The normalized spacial score (nSPS) is 12.1.